The van der Waals surface area contributed by atoms with Crippen LogP contribution in [0.5, 0.6) is 5.88 Å². The molecule has 0 spiro atoms. The summed E-state index contributed by atoms with van der Waals surface area (Å²) in [5.74, 6) is -1.90. The number of pyridine rings is 2. The van der Waals surface area contributed by atoms with Crippen LogP contribution in [0.1, 0.15) is 39.0 Å². The number of ketones is 1. The summed E-state index contributed by atoms with van der Waals surface area (Å²) in [6.45, 7) is 1.27. The number of benzene rings is 1. The smallest absolute Gasteiger partial charge is 0.271 e. The summed E-state index contributed by atoms with van der Waals surface area (Å²) < 4.78 is 14.4. The number of aromatic nitrogens is 2. The normalized spacial score (nSPS) is 14.3. The number of rotatable bonds is 7. The molecule has 3 heterocycles. The van der Waals surface area contributed by atoms with E-state index in [2.05, 4.69) is 4.98 Å². The Kier molecular flexibility index (Phi) is 7.61. The predicted molar refractivity (Wildman–Crippen MR) is 140 cm³/mol. The van der Waals surface area contributed by atoms with Crippen LogP contribution in [0.4, 0.5) is 4.39 Å². The third-order valence-corrected chi connectivity index (χ3v) is 7.12. The molecular weight excluding hydrogens is 515 g/mol. The van der Waals surface area contributed by atoms with E-state index in [4.69, 9.17) is 12.2 Å². The van der Waals surface area contributed by atoms with Gasteiger partial charge in [-0.05, 0) is 47.9 Å². The van der Waals surface area contributed by atoms with E-state index in [1.807, 2.05) is 6.07 Å². The highest BCUT2D eigenvalue weighted by molar-refractivity contribution is 8.26. The quantitative estimate of drug-likeness (QED) is 0.277. The summed E-state index contributed by atoms with van der Waals surface area (Å²) in [6.07, 6.45) is 4.44. The standard InChI is InChI=1S/C26H19FN4O4S2/c1-15-19(12-28)23(33)31(14-17-3-2-9-29-13-17)25(35)22(15)20(32)8-10-30-24(34)21(37-26(30)36)11-16-4-6-18(27)7-5-16/h2-7,9,11,13,35H,8,10,14H2,1H3/b21-11-. The van der Waals surface area contributed by atoms with Crippen LogP contribution in [0, 0.1) is 24.1 Å². The maximum atomic E-state index is 13.2. The fourth-order valence-corrected chi connectivity index (χ4v) is 5.16. The van der Waals surface area contributed by atoms with Crippen LogP contribution < -0.4 is 5.56 Å². The molecule has 0 atom stereocenters. The molecule has 1 aromatic carbocycles. The van der Waals surface area contributed by atoms with Crippen LogP contribution in [0.15, 0.2) is 58.5 Å². The Morgan fingerprint density at radius 1 is 1.27 bits per heavy atom. The Bertz CT molecular complexity index is 1540. The van der Waals surface area contributed by atoms with Gasteiger partial charge in [0, 0.05) is 25.4 Å². The Hall–Kier alpha value is -4.14. The van der Waals surface area contributed by atoms with Crippen molar-refractivity contribution in [1.29, 1.82) is 5.26 Å². The van der Waals surface area contributed by atoms with E-state index in [1.54, 1.807) is 24.4 Å². The van der Waals surface area contributed by atoms with E-state index >= 15 is 0 Å². The lowest BCUT2D eigenvalue weighted by atomic mass is 9.99. The third kappa shape index (κ3) is 5.35. The molecule has 8 nitrogen and oxygen atoms in total. The second kappa shape index (κ2) is 10.9. The highest BCUT2D eigenvalue weighted by Gasteiger charge is 2.33. The summed E-state index contributed by atoms with van der Waals surface area (Å²) in [7, 11) is 0. The lowest BCUT2D eigenvalue weighted by molar-refractivity contribution is -0.122. The van der Waals surface area contributed by atoms with E-state index in [1.165, 1.54) is 42.3 Å². The number of Topliss-reactive ketones (excluding diaryl/α,β-unsaturated/α-hetero) is 1. The predicted octanol–water partition coefficient (Wildman–Crippen LogP) is 3.79. The van der Waals surface area contributed by atoms with Gasteiger partial charge in [-0.25, -0.2) is 4.39 Å². The van der Waals surface area contributed by atoms with Gasteiger partial charge in [0.2, 0.25) is 5.88 Å². The average Bonchev–Trinajstić information content (AvgIpc) is 3.14. The second-order valence-corrected chi connectivity index (χ2v) is 9.80. The van der Waals surface area contributed by atoms with E-state index in [0.717, 1.165) is 16.3 Å². The molecule has 186 valence electrons. The fourth-order valence-electron chi connectivity index (χ4n) is 3.85. The first kappa shape index (κ1) is 25.9. The number of amides is 1. The minimum Gasteiger partial charge on any atom is -0.494 e. The maximum absolute atomic E-state index is 13.2. The number of aromatic hydroxyl groups is 1. The number of nitrogens with zero attached hydrogens (tertiary/aromatic N) is 4. The number of thiocarbonyl (C=S) groups is 1. The lowest BCUT2D eigenvalue weighted by Gasteiger charge is -2.17. The Morgan fingerprint density at radius 2 is 2.00 bits per heavy atom. The molecule has 0 saturated carbocycles. The first-order chi connectivity index (χ1) is 17.7. The minimum atomic E-state index is -0.722. The van der Waals surface area contributed by atoms with Crippen molar-refractivity contribution in [1.82, 2.24) is 14.5 Å². The van der Waals surface area contributed by atoms with Crippen molar-refractivity contribution in [3.05, 3.63) is 97.7 Å². The van der Waals surface area contributed by atoms with Crippen LogP contribution in [-0.2, 0) is 11.3 Å². The van der Waals surface area contributed by atoms with Crippen molar-refractivity contribution >= 4 is 46.1 Å². The molecule has 4 rings (SSSR count). The van der Waals surface area contributed by atoms with Gasteiger partial charge >= 0.3 is 0 Å². The monoisotopic (exact) mass is 534 g/mol. The molecule has 0 unspecified atom stereocenters. The molecule has 1 N–H and O–H groups in total. The third-order valence-electron chi connectivity index (χ3n) is 5.75. The number of hydrogen-bond acceptors (Lipinski definition) is 8. The van der Waals surface area contributed by atoms with Gasteiger partial charge in [-0.15, -0.1) is 0 Å². The molecule has 0 bridgehead atoms. The first-order valence-corrected chi connectivity index (χ1v) is 12.2. The van der Waals surface area contributed by atoms with Crippen LogP contribution in [0.3, 0.4) is 0 Å². The lowest BCUT2D eigenvalue weighted by Crippen LogP contribution is -2.31. The van der Waals surface area contributed by atoms with E-state index in [0.29, 0.717) is 16.0 Å². The topological polar surface area (TPSA) is 116 Å². The van der Waals surface area contributed by atoms with Crippen LogP contribution in [-0.4, -0.2) is 42.1 Å². The Morgan fingerprint density at radius 3 is 2.65 bits per heavy atom. The number of nitriles is 1. The molecule has 1 amide bonds. The Balaban J connectivity index is 1.57. The number of halogens is 1. The summed E-state index contributed by atoms with van der Waals surface area (Å²) in [4.78, 5) is 44.5. The summed E-state index contributed by atoms with van der Waals surface area (Å²) in [5.41, 5.74) is 0.153. The highest BCUT2D eigenvalue weighted by Crippen LogP contribution is 2.33. The SMILES string of the molecule is Cc1c(C(=O)CCN2C(=O)/C(=C/c3ccc(F)cc3)SC2=S)c(O)n(Cc2cccnc2)c(=O)c1C#N. The molecular formula is C26H19FN4O4S2. The summed E-state index contributed by atoms with van der Waals surface area (Å²) in [5, 5.41) is 20.4. The average molecular weight is 535 g/mol. The van der Waals surface area contributed by atoms with Gasteiger partial charge < -0.3 is 5.11 Å². The minimum absolute atomic E-state index is 0.0627. The van der Waals surface area contributed by atoms with Gasteiger partial charge in [-0.1, -0.05) is 42.2 Å². The molecule has 1 fully saturated rings. The van der Waals surface area contributed by atoms with Crippen molar-refractivity contribution in [2.24, 2.45) is 0 Å². The number of thioether (sulfide) groups is 1. The van der Waals surface area contributed by atoms with Gasteiger partial charge in [0.15, 0.2) is 5.78 Å². The van der Waals surface area contributed by atoms with Crippen molar-refractivity contribution < 1.29 is 19.1 Å². The molecule has 11 heteroatoms. The zero-order chi connectivity index (χ0) is 26.7. The molecule has 0 radical (unpaired) electrons. The second-order valence-electron chi connectivity index (χ2n) is 8.12. The molecule has 1 saturated heterocycles. The highest BCUT2D eigenvalue weighted by atomic mass is 32.2. The van der Waals surface area contributed by atoms with Gasteiger partial charge in [0.05, 0.1) is 17.0 Å². The van der Waals surface area contributed by atoms with Crippen molar-refractivity contribution in [2.75, 3.05) is 6.54 Å². The van der Waals surface area contributed by atoms with Crippen molar-refractivity contribution in [2.45, 2.75) is 19.9 Å². The summed E-state index contributed by atoms with van der Waals surface area (Å²) in [6, 6.07) is 10.8. The van der Waals surface area contributed by atoms with Gasteiger partial charge in [-0.3, -0.25) is 28.8 Å². The van der Waals surface area contributed by atoms with Gasteiger partial charge in [0.1, 0.15) is 21.8 Å². The van der Waals surface area contributed by atoms with Crippen LogP contribution in [0.25, 0.3) is 6.08 Å². The van der Waals surface area contributed by atoms with Crippen LogP contribution >= 0.6 is 24.0 Å². The fraction of sp³-hybridized carbons (Fsp3) is 0.154. The maximum Gasteiger partial charge on any atom is 0.271 e. The molecule has 2 aromatic heterocycles. The first-order valence-electron chi connectivity index (χ1n) is 11.0. The van der Waals surface area contributed by atoms with Gasteiger partial charge in [-0.2, -0.15) is 5.26 Å². The van der Waals surface area contributed by atoms with Crippen molar-refractivity contribution in [3.8, 4) is 11.9 Å². The number of carbonyl (C=O) groups is 2. The Labute approximate surface area is 220 Å². The molecule has 1 aliphatic heterocycles. The number of hydrogen-bond donors (Lipinski definition) is 1. The molecule has 1 aliphatic rings. The van der Waals surface area contributed by atoms with Crippen molar-refractivity contribution in [3.63, 3.8) is 0 Å². The van der Waals surface area contributed by atoms with Crippen LogP contribution in [0.2, 0.25) is 0 Å². The largest absolute Gasteiger partial charge is 0.494 e. The molecule has 37 heavy (non-hydrogen) atoms. The van der Waals surface area contributed by atoms with E-state index in [9.17, 15) is 29.1 Å². The zero-order valence-corrected chi connectivity index (χ0v) is 21.1. The number of carbonyl (C=O) groups excluding carboxylic acids is 2. The van der Waals surface area contributed by atoms with E-state index in [-0.39, 0.29) is 40.5 Å². The van der Waals surface area contributed by atoms with E-state index < -0.39 is 28.9 Å². The summed E-state index contributed by atoms with van der Waals surface area (Å²) >= 11 is 6.38. The molecule has 0 aliphatic carbocycles. The van der Waals surface area contributed by atoms with Gasteiger partial charge in [0.25, 0.3) is 11.5 Å². The molecule has 3 aromatic rings. The zero-order valence-electron chi connectivity index (χ0n) is 19.5.